The van der Waals surface area contributed by atoms with Gasteiger partial charge in [0.2, 0.25) is 6.79 Å². The Kier molecular flexibility index (Phi) is 4.46. The van der Waals surface area contributed by atoms with E-state index in [1.165, 1.54) is 0 Å². The molecule has 9 heteroatoms. The lowest BCUT2D eigenvalue weighted by Crippen LogP contribution is -2.41. The van der Waals surface area contributed by atoms with Crippen LogP contribution in [-0.4, -0.2) is 49.2 Å². The normalized spacial score (nSPS) is 21.6. The van der Waals surface area contributed by atoms with Crippen molar-refractivity contribution in [1.82, 2.24) is 10.2 Å². The van der Waals surface area contributed by atoms with Crippen molar-refractivity contribution in [2.75, 3.05) is 26.6 Å². The Morgan fingerprint density at radius 3 is 2.48 bits per heavy atom. The first-order valence-electron chi connectivity index (χ1n) is 9.93. The van der Waals surface area contributed by atoms with E-state index in [2.05, 4.69) is 5.32 Å². The summed E-state index contributed by atoms with van der Waals surface area (Å²) in [4.78, 5) is 39.5. The summed E-state index contributed by atoms with van der Waals surface area (Å²) in [5.74, 6) is 1.23. The van der Waals surface area contributed by atoms with Crippen LogP contribution in [0.5, 0.6) is 23.0 Å². The summed E-state index contributed by atoms with van der Waals surface area (Å²) in [5, 5.41) is 2.70. The number of carbonyl (C=O) groups excluding carboxylic acids is 3. The van der Waals surface area contributed by atoms with Crippen molar-refractivity contribution < 1.29 is 33.3 Å². The Morgan fingerprint density at radius 2 is 1.65 bits per heavy atom. The summed E-state index contributed by atoms with van der Waals surface area (Å²) in [6.07, 6.45) is 0.749. The summed E-state index contributed by atoms with van der Waals surface area (Å²) in [6.45, 7) is 2.35. The van der Waals surface area contributed by atoms with E-state index in [0.29, 0.717) is 47.3 Å². The van der Waals surface area contributed by atoms with Crippen LogP contribution >= 0.6 is 0 Å². The first-order chi connectivity index (χ1) is 15.0. The fraction of sp³-hybridized carbons (Fsp3) is 0.318. The molecule has 9 nitrogen and oxygen atoms in total. The average Bonchev–Trinajstić information content (AvgIpc) is 3.22. The molecule has 0 aliphatic carbocycles. The summed E-state index contributed by atoms with van der Waals surface area (Å²) in [6, 6.07) is 9.26. The number of benzene rings is 2. The smallest absolute Gasteiger partial charge is 0.325 e. The number of ketones is 1. The second-order valence-corrected chi connectivity index (χ2v) is 7.65. The van der Waals surface area contributed by atoms with Crippen molar-refractivity contribution in [2.24, 2.45) is 0 Å². The van der Waals surface area contributed by atoms with Gasteiger partial charge >= 0.3 is 6.03 Å². The minimum Gasteiger partial charge on any atom is -0.490 e. The third-order valence-electron chi connectivity index (χ3n) is 5.60. The van der Waals surface area contributed by atoms with Gasteiger partial charge in [0.05, 0.1) is 19.8 Å². The molecule has 0 saturated carbocycles. The molecule has 3 amide bonds. The van der Waals surface area contributed by atoms with Crippen LogP contribution < -0.4 is 24.3 Å². The number of nitrogens with one attached hydrogen (secondary N) is 1. The monoisotopic (exact) mass is 424 g/mol. The second-order valence-electron chi connectivity index (χ2n) is 7.65. The highest BCUT2D eigenvalue weighted by Gasteiger charge is 2.50. The molecule has 2 aromatic rings. The number of nitrogens with zero attached hydrogens (tertiary/aromatic N) is 1. The first-order valence-corrected chi connectivity index (χ1v) is 9.93. The van der Waals surface area contributed by atoms with Crippen molar-refractivity contribution >= 4 is 17.7 Å². The topological polar surface area (TPSA) is 103 Å². The van der Waals surface area contributed by atoms with Crippen molar-refractivity contribution in [3.05, 3.63) is 47.5 Å². The lowest BCUT2D eigenvalue weighted by Gasteiger charge is -2.22. The second kappa shape index (κ2) is 7.19. The van der Waals surface area contributed by atoms with Gasteiger partial charge in [-0.15, -0.1) is 0 Å². The maximum Gasteiger partial charge on any atom is 0.325 e. The Balaban J connectivity index is 1.36. The summed E-state index contributed by atoms with van der Waals surface area (Å²) in [7, 11) is 0. The van der Waals surface area contributed by atoms with Gasteiger partial charge < -0.3 is 24.3 Å². The molecule has 0 spiro atoms. The van der Waals surface area contributed by atoms with Crippen LogP contribution in [0.1, 0.15) is 29.3 Å². The molecule has 31 heavy (non-hydrogen) atoms. The Bertz CT molecular complexity index is 1100. The molecule has 3 aliphatic heterocycles. The van der Waals surface area contributed by atoms with E-state index in [-0.39, 0.29) is 19.1 Å². The molecule has 160 valence electrons. The van der Waals surface area contributed by atoms with Crippen molar-refractivity contribution in [3.63, 3.8) is 0 Å². The minimum atomic E-state index is -1.32. The van der Waals surface area contributed by atoms with Gasteiger partial charge in [0.1, 0.15) is 5.54 Å². The summed E-state index contributed by atoms with van der Waals surface area (Å²) in [5.41, 5.74) is -0.439. The van der Waals surface area contributed by atoms with E-state index in [1.54, 1.807) is 43.3 Å². The largest absolute Gasteiger partial charge is 0.490 e. The number of Topliss-reactive ketones (excluding diaryl/α,β-unsaturated/α-hetero) is 1. The zero-order chi connectivity index (χ0) is 21.6. The average molecular weight is 424 g/mol. The lowest BCUT2D eigenvalue weighted by molar-refractivity contribution is -0.130. The predicted molar refractivity (Wildman–Crippen MR) is 107 cm³/mol. The molecule has 0 radical (unpaired) electrons. The van der Waals surface area contributed by atoms with Crippen LogP contribution in [0.3, 0.4) is 0 Å². The number of ether oxygens (including phenoxy) is 4. The highest BCUT2D eigenvalue weighted by atomic mass is 16.7. The molecule has 1 N–H and O–H groups in total. The fourth-order valence-electron chi connectivity index (χ4n) is 3.82. The number of hydrogen-bond acceptors (Lipinski definition) is 7. The van der Waals surface area contributed by atoms with Gasteiger partial charge in [0.15, 0.2) is 28.8 Å². The molecule has 3 heterocycles. The quantitative estimate of drug-likeness (QED) is 0.593. The maximum absolute atomic E-state index is 13.2. The van der Waals surface area contributed by atoms with E-state index in [0.717, 1.165) is 11.3 Å². The van der Waals surface area contributed by atoms with E-state index >= 15 is 0 Å². The Hall–Kier alpha value is -3.75. The maximum atomic E-state index is 13.2. The van der Waals surface area contributed by atoms with Gasteiger partial charge in [0, 0.05) is 12.0 Å². The van der Waals surface area contributed by atoms with Crippen LogP contribution in [0, 0.1) is 0 Å². The lowest BCUT2D eigenvalue weighted by atomic mass is 9.91. The van der Waals surface area contributed by atoms with Gasteiger partial charge in [-0.05, 0) is 42.8 Å². The van der Waals surface area contributed by atoms with Gasteiger partial charge in [0.25, 0.3) is 5.91 Å². The summed E-state index contributed by atoms with van der Waals surface area (Å²) < 4.78 is 21.9. The third kappa shape index (κ3) is 3.22. The Morgan fingerprint density at radius 1 is 0.968 bits per heavy atom. The molecular weight excluding hydrogens is 404 g/mol. The number of imide groups is 1. The zero-order valence-corrected chi connectivity index (χ0v) is 16.8. The van der Waals surface area contributed by atoms with Gasteiger partial charge in [-0.25, -0.2) is 4.79 Å². The van der Waals surface area contributed by atoms with Crippen molar-refractivity contribution in [3.8, 4) is 23.0 Å². The van der Waals surface area contributed by atoms with Crippen molar-refractivity contribution in [2.45, 2.75) is 18.9 Å². The van der Waals surface area contributed by atoms with Gasteiger partial charge in [-0.1, -0.05) is 6.07 Å². The molecular formula is C22H20N2O7. The number of rotatable bonds is 4. The molecule has 1 fully saturated rings. The van der Waals surface area contributed by atoms with Gasteiger partial charge in [-0.3, -0.25) is 14.5 Å². The molecule has 3 aliphatic rings. The van der Waals surface area contributed by atoms with E-state index in [9.17, 15) is 14.4 Å². The molecule has 2 aromatic carbocycles. The molecule has 0 bridgehead atoms. The van der Waals surface area contributed by atoms with E-state index < -0.39 is 17.5 Å². The first kappa shape index (κ1) is 19.2. The SMILES string of the molecule is CC1(c2ccc3c(c2)OCO3)NC(=O)N(CC(=O)c2ccc3c(c2)OCCCO3)C1=O. The van der Waals surface area contributed by atoms with Crippen LogP contribution in [0.4, 0.5) is 4.79 Å². The molecule has 1 atom stereocenters. The van der Waals surface area contributed by atoms with E-state index in [1.807, 2.05) is 0 Å². The molecule has 1 saturated heterocycles. The molecule has 1 unspecified atom stereocenters. The highest BCUT2D eigenvalue weighted by molar-refractivity contribution is 6.11. The van der Waals surface area contributed by atoms with E-state index in [4.69, 9.17) is 18.9 Å². The van der Waals surface area contributed by atoms with Crippen LogP contribution in [0.15, 0.2) is 36.4 Å². The zero-order valence-electron chi connectivity index (χ0n) is 16.8. The Labute approximate surface area is 177 Å². The predicted octanol–water partition coefficient (Wildman–Crippen LogP) is 2.23. The number of amides is 3. The highest BCUT2D eigenvalue weighted by Crippen LogP contribution is 2.38. The standard InChI is InChI=1S/C22H20N2O7/c1-22(14-4-6-17-19(10-14)31-12-30-17)20(26)24(21(27)23-22)11-15(25)13-3-5-16-18(9-13)29-8-2-7-28-16/h3-6,9-10H,2,7-8,11-12H2,1H3,(H,23,27). The van der Waals surface area contributed by atoms with Gasteiger partial charge in [-0.2, -0.15) is 0 Å². The number of hydrogen-bond donors (Lipinski definition) is 1. The fourth-order valence-corrected chi connectivity index (χ4v) is 3.82. The third-order valence-corrected chi connectivity index (χ3v) is 5.60. The van der Waals surface area contributed by atoms with Crippen LogP contribution in [0.2, 0.25) is 0 Å². The van der Waals surface area contributed by atoms with Crippen molar-refractivity contribution in [1.29, 1.82) is 0 Å². The number of fused-ring (bicyclic) bond motifs is 2. The molecule has 0 aromatic heterocycles. The minimum absolute atomic E-state index is 0.103. The summed E-state index contributed by atoms with van der Waals surface area (Å²) >= 11 is 0. The number of urea groups is 1. The molecule has 5 rings (SSSR count). The van der Waals surface area contributed by atoms with Crippen LogP contribution in [-0.2, 0) is 10.3 Å². The number of carbonyl (C=O) groups is 3. The van der Waals surface area contributed by atoms with Crippen LogP contribution in [0.25, 0.3) is 0 Å².